The Balaban J connectivity index is 2.36. The maximum atomic E-state index is 5.28. The van der Waals surface area contributed by atoms with E-state index in [0.29, 0.717) is 6.04 Å². The van der Waals surface area contributed by atoms with Gasteiger partial charge in [-0.3, -0.25) is 0 Å². The molecule has 3 heteroatoms. The SMILES string of the molecule is CCCC(CSc1ccoc1C)NCC. The third kappa shape index (κ3) is 4.31. The van der Waals surface area contributed by atoms with Crippen LogP contribution in [0.2, 0.25) is 0 Å². The lowest BCUT2D eigenvalue weighted by Gasteiger charge is -2.16. The largest absolute Gasteiger partial charge is 0.468 e. The molecule has 0 aliphatic heterocycles. The van der Waals surface area contributed by atoms with Crippen molar-refractivity contribution in [3.63, 3.8) is 0 Å². The topological polar surface area (TPSA) is 25.2 Å². The van der Waals surface area contributed by atoms with Crippen molar-refractivity contribution in [3.8, 4) is 0 Å². The average molecular weight is 227 g/mol. The molecule has 1 aromatic rings. The van der Waals surface area contributed by atoms with E-state index in [0.717, 1.165) is 18.1 Å². The van der Waals surface area contributed by atoms with Crippen LogP contribution in [0.1, 0.15) is 32.4 Å². The lowest BCUT2D eigenvalue weighted by Crippen LogP contribution is -2.30. The molecule has 0 aliphatic rings. The van der Waals surface area contributed by atoms with Crippen molar-refractivity contribution in [3.05, 3.63) is 18.1 Å². The van der Waals surface area contributed by atoms with E-state index < -0.39 is 0 Å². The zero-order chi connectivity index (χ0) is 11.1. The maximum Gasteiger partial charge on any atom is 0.114 e. The summed E-state index contributed by atoms with van der Waals surface area (Å²) in [5, 5.41) is 3.51. The van der Waals surface area contributed by atoms with Gasteiger partial charge in [0.15, 0.2) is 0 Å². The lowest BCUT2D eigenvalue weighted by atomic mass is 10.2. The molecule has 0 saturated carbocycles. The Morgan fingerprint density at radius 3 is 2.80 bits per heavy atom. The third-order valence-electron chi connectivity index (χ3n) is 2.38. The molecule has 0 aromatic carbocycles. The Kier molecular flexibility index (Phi) is 5.88. The summed E-state index contributed by atoms with van der Waals surface area (Å²) in [4.78, 5) is 1.27. The number of aryl methyl sites for hydroxylation is 1. The van der Waals surface area contributed by atoms with Crippen LogP contribution in [0, 0.1) is 6.92 Å². The molecule has 86 valence electrons. The summed E-state index contributed by atoms with van der Waals surface area (Å²) in [6.45, 7) is 7.47. The summed E-state index contributed by atoms with van der Waals surface area (Å²) in [5.41, 5.74) is 0. The minimum atomic E-state index is 0.624. The molecule has 0 fully saturated rings. The van der Waals surface area contributed by atoms with Gasteiger partial charge in [0, 0.05) is 16.7 Å². The van der Waals surface area contributed by atoms with Gasteiger partial charge in [-0.25, -0.2) is 0 Å². The van der Waals surface area contributed by atoms with Gasteiger partial charge in [-0.05, 0) is 26.0 Å². The summed E-state index contributed by atoms with van der Waals surface area (Å²) < 4.78 is 5.28. The lowest BCUT2D eigenvalue weighted by molar-refractivity contribution is 0.524. The fourth-order valence-corrected chi connectivity index (χ4v) is 2.66. The Hall–Kier alpha value is -0.410. The molecule has 0 saturated heterocycles. The molecule has 1 rings (SSSR count). The fraction of sp³-hybridized carbons (Fsp3) is 0.667. The summed E-state index contributed by atoms with van der Waals surface area (Å²) >= 11 is 1.89. The quantitative estimate of drug-likeness (QED) is 0.722. The first-order chi connectivity index (χ1) is 7.27. The van der Waals surface area contributed by atoms with Crippen LogP contribution in [0.4, 0.5) is 0 Å². The van der Waals surface area contributed by atoms with Crippen LogP contribution < -0.4 is 5.32 Å². The normalized spacial score (nSPS) is 13.0. The minimum Gasteiger partial charge on any atom is -0.468 e. The van der Waals surface area contributed by atoms with Gasteiger partial charge in [-0.1, -0.05) is 20.3 Å². The average Bonchev–Trinajstić information content (AvgIpc) is 2.61. The van der Waals surface area contributed by atoms with E-state index in [9.17, 15) is 0 Å². The van der Waals surface area contributed by atoms with E-state index in [1.165, 1.54) is 17.7 Å². The van der Waals surface area contributed by atoms with E-state index in [1.54, 1.807) is 6.26 Å². The second-order valence-electron chi connectivity index (χ2n) is 3.70. The van der Waals surface area contributed by atoms with E-state index in [1.807, 2.05) is 18.7 Å². The molecule has 0 spiro atoms. The van der Waals surface area contributed by atoms with Crippen LogP contribution in [-0.2, 0) is 0 Å². The summed E-state index contributed by atoms with van der Waals surface area (Å²) in [7, 11) is 0. The Labute approximate surface area is 96.8 Å². The Bertz CT molecular complexity index is 266. The van der Waals surface area contributed by atoms with Crippen molar-refractivity contribution in [2.75, 3.05) is 12.3 Å². The molecule has 0 aliphatic carbocycles. The monoisotopic (exact) mass is 227 g/mol. The third-order valence-corrected chi connectivity index (χ3v) is 3.68. The number of hydrogen-bond donors (Lipinski definition) is 1. The van der Waals surface area contributed by atoms with E-state index in [4.69, 9.17) is 4.42 Å². The first-order valence-corrected chi connectivity index (χ1v) is 6.66. The molecule has 1 atom stereocenters. The zero-order valence-corrected chi connectivity index (χ0v) is 10.7. The van der Waals surface area contributed by atoms with Gasteiger partial charge in [-0.2, -0.15) is 0 Å². The fourth-order valence-electron chi connectivity index (χ4n) is 1.59. The number of thioether (sulfide) groups is 1. The van der Waals surface area contributed by atoms with Crippen LogP contribution >= 0.6 is 11.8 Å². The van der Waals surface area contributed by atoms with E-state index >= 15 is 0 Å². The number of hydrogen-bond acceptors (Lipinski definition) is 3. The molecular weight excluding hydrogens is 206 g/mol. The van der Waals surface area contributed by atoms with Crippen molar-refractivity contribution in [2.24, 2.45) is 0 Å². The van der Waals surface area contributed by atoms with Crippen molar-refractivity contribution >= 4 is 11.8 Å². The van der Waals surface area contributed by atoms with Gasteiger partial charge < -0.3 is 9.73 Å². The second kappa shape index (κ2) is 6.96. The molecule has 1 unspecified atom stereocenters. The van der Waals surface area contributed by atoms with E-state index in [2.05, 4.69) is 25.2 Å². The van der Waals surface area contributed by atoms with Crippen LogP contribution in [0.25, 0.3) is 0 Å². The number of nitrogens with one attached hydrogen (secondary N) is 1. The molecule has 1 heterocycles. The van der Waals surface area contributed by atoms with Gasteiger partial charge in [0.05, 0.1) is 6.26 Å². The van der Waals surface area contributed by atoms with Gasteiger partial charge in [0.1, 0.15) is 5.76 Å². The molecule has 0 amide bonds. The number of rotatable bonds is 7. The predicted octanol–water partition coefficient (Wildman–Crippen LogP) is 3.46. The molecular formula is C12H21NOS. The molecule has 2 nitrogen and oxygen atoms in total. The Morgan fingerprint density at radius 2 is 2.27 bits per heavy atom. The molecule has 0 radical (unpaired) electrons. The van der Waals surface area contributed by atoms with Crippen LogP contribution in [0.5, 0.6) is 0 Å². The number of furan rings is 1. The Morgan fingerprint density at radius 1 is 1.47 bits per heavy atom. The summed E-state index contributed by atoms with van der Waals surface area (Å²) in [6, 6.07) is 2.67. The standard InChI is InChI=1S/C12H21NOS/c1-4-6-11(13-5-2)9-15-12-7-8-14-10(12)3/h7-8,11,13H,4-6,9H2,1-3H3. The molecule has 1 N–H and O–H groups in total. The first-order valence-electron chi connectivity index (χ1n) is 5.68. The van der Waals surface area contributed by atoms with Crippen molar-refractivity contribution in [1.82, 2.24) is 5.32 Å². The highest BCUT2D eigenvalue weighted by molar-refractivity contribution is 7.99. The van der Waals surface area contributed by atoms with Gasteiger partial charge in [-0.15, -0.1) is 11.8 Å². The van der Waals surface area contributed by atoms with Crippen molar-refractivity contribution < 1.29 is 4.42 Å². The minimum absolute atomic E-state index is 0.624. The van der Waals surface area contributed by atoms with Crippen LogP contribution in [0.15, 0.2) is 21.6 Å². The van der Waals surface area contributed by atoms with E-state index in [-0.39, 0.29) is 0 Å². The molecule has 0 bridgehead atoms. The first kappa shape index (κ1) is 12.7. The van der Waals surface area contributed by atoms with Crippen LogP contribution in [0.3, 0.4) is 0 Å². The van der Waals surface area contributed by atoms with Crippen LogP contribution in [-0.4, -0.2) is 18.3 Å². The second-order valence-corrected chi connectivity index (χ2v) is 4.76. The highest BCUT2D eigenvalue weighted by atomic mass is 32.2. The predicted molar refractivity (Wildman–Crippen MR) is 66.5 cm³/mol. The zero-order valence-electron chi connectivity index (χ0n) is 9.88. The maximum absolute atomic E-state index is 5.28. The van der Waals surface area contributed by atoms with Gasteiger partial charge in [0.25, 0.3) is 0 Å². The highest BCUT2D eigenvalue weighted by Gasteiger charge is 2.08. The summed E-state index contributed by atoms with van der Waals surface area (Å²) in [6.07, 6.45) is 4.25. The van der Waals surface area contributed by atoms with Crippen molar-refractivity contribution in [1.29, 1.82) is 0 Å². The van der Waals surface area contributed by atoms with Gasteiger partial charge >= 0.3 is 0 Å². The summed E-state index contributed by atoms with van der Waals surface area (Å²) in [5.74, 6) is 2.16. The smallest absolute Gasteiger partial charge is 0.114 e. The molecule has 1 aromatic heterocycles. The van der Waals surface area contributed by atoms with Crippen molar-refractivity contribution in [2.45, 2.75) is 44.6 Å². The highest BCUT2D eigenvalue weighted by Crippen LogP contribution is 2.24. The van der Waals surface area contributed by atoms with Gasteiger partial charge in [0.2, 0.25) is 0 Å². The molecule has 15 heavy (non-hydrogen) atoms.